The average Bonchev–Trinajstić information content (AvgIpc) is 3.39. The first kappa shape index (κ1) is 26.5. The molecule has 6 rings (SSSR count). The van der Waals surface area contributed by atoms with Gasteiger partial charge in [-0.3, -0.25) is 14.6 Å². The third-order valence-electron chi connectivity index (χ3n) is 8.87. The Kier molecular flexibility index (Phi) is 8.32. The molecule has 9 heteroatoms. The number of hydrogen-bond acceptors (Lipinski definition) is 6. The summed E-state index contributed by atoms with van der Waals surface area (Å²) >= 11 is 6.41. The number of pyridine rings is 2. The van der Waals surface area contributed by atoms with E-state index in [9.17, 15) is 4.79 Å². The van der Waals surface area contributed by atoms with E-state index >= 15 is 0 Å². The minimum atomic E-state index is 0.173. The fourth-order valence-electron chi connectivity index (χ4n) is 6.72. The lowest BCUT2D eigenvalue weighted by Gasteiger charge is -2.40. The van der Waals surface area contributed by atoms with Crippen LogP contribution in [0.15, 0.2) is 36.7 Å². The topological polar surface area (TPSA) is 89.2 Å². The Bertz CT molecular complexity index is 1260. The van der Waals surface area contributed by atoms with E-state index < -0.39 is 0 Å². The summed E-state index contributed by atoms with van der Waals surface area (Å²) in [6.07, 6.45) is 14.6. The van der Waals surface area contributed by atoms with Crippen molar-refractivity contribution in [2.24, 2.45) is 0 Å². The molecule has 0 unspecified atom stereocenters. The van der Waals surface area contributed by atoms with Crippen LogP contribution in [-0.4, -0.2) is 81.5 Å². The SMILES string of the molecule is O=C(CN1CCN(C2CCCCC2)CC1)NC1CCC(Nc2cc(-c3c[nH]c4ncccc34)cc(Cl)n2)CC1. The van der Waals surface area contributed by atoms with Crippen LogP contribution in [0, 0.1) is 0 Å². The molecule has 2 aliphatic carbocycles. The largest absolute Gasteiger partial charge is 0.367 e. The molecule has 3 fully saturated rings. The van der Waals surface area contributed by atoms with Gasteiger partial charge in [0.05, 0.1) is 6.54 Å². The highest BCUT2D eigenvalue weighted by Gasteiger charge is 2.27. The lowest BCUT2D eigenvalue weighted by molar-refractivity contribution is -0.123. The van der Waals surface area contributed by atoms with Crippen LogP contribution in [0.5, 0.6) is 0 Å². The van der Waals surface area contributed by atoms with Crippen molar-refractivity contribution in [3.05, 3.63) is 41.8 Å². The van der Waals surface area contributed by atoms with Gasteiger partial charge in [-0.1, -0.05) is 30.9 Å². The second-order valence-electron chi connectivity index (χ2n) is 11.5. The molecule has 8 nitrogen and oxygen atoms in total. The summed E-state index contributed by atoms with van der Waals surface area (Å²) in [5.74, 6) is 0.961. The van der Waals surface area contributed by atoms with Gasteiger partial charge in [0.25, 0.3) is 0 Å². The summed E-state index contributed by atoms with van der Waals surface area (Å²) in [5.41, 5.74) is 2.93. The number of rotatable bonds is 7. The number of carbonyl (C=O) groups excluding carboxylic acids is 1. The molecule has 1 amide bonds. The normalized spacial score (nSPS) is 23.6. The summed E-state index contributed by atoms with van der Waals surface area (Å²) < 4.78 is 0. The quantitative estimate of drug-likeness (QED) is 0.357. The predicted molar refractivity (Wildman–Crippen MR) is 157 cm³/mol. The number of aromatic amines is 1. The highest BCUT2D eigenvalue weighted by Crippen LogP contribution is 2.31. The number of anilines is 1. The first-order valence-corrected chi connectivity index (χ1v) is 15.1. The maximum Gasteiger partial charge on any atom is 0.234 e. The molecule has 0 radical (unpaired) electrons. The highest BCUT2D eigenvalue weighted by molar-refractivity contribution is 6.29. The van der Waals surface area contributed by atoms with Crippen LogP contribution in [0.2, 0.25) is 5.15 Å². The van der Waals surface area contributed by atoms with Gasteiger partial charge in [-0.25, -0.2) is 9.97 Å². The lowest BCUT2D eigenvalue weighted by atomic mass is 9.91. The van der Waals surface area contributed by atoms with Gasteiger partial charge < -0.3 is 15.6 Å². The molecule has 0 spiro atoms. The Labute approximate surface area is 235 Å². The molecular formula is C30H40ClN7O. The summed E-state index contributed by atoms with van der Waals surface area (Å²) in [4.78, 5) is 30.0. The van der Waals surface area contributed by atoms with E-state index in [1.807, 2.05) is 18.3 Å². The summed E-state index contributed by atoms with van der Waals surface area (Å²) in [5, 5.41) is 8.44. The van der Waals surface area contributed by atoms with E-state index in [4.69, 9.17) is 11.6 Å². The zero-order chi connectivity index (χ0) is 26.6. The molecule has 1 saturated heterocycles. The Hall–Kier alpha value is -2.68. The Balaban J connectivity index is 0.960. The Morgan fingerprint density at radius 1 is 1.00 bits per heavy atom. The smallest absolute Gasteiger partial charge is 0.234 e. The number of hydrogen-bond donors (Lipinski definition) is 3. The maximum absolute atomic E-state index is 12.8. The van der Waals surface area contributed by atoms with E-state index in [0.717, 1.165) is 85.9 Å². The number of fused-ring (bicyclic) bond motifs is 1. The monoisotopic (exact) mass is 549 g/mol. The molecule has 3 N–H and O–H groups in total. The zero-order valence-electron chi connectivity index (χ0n) is 22.7. The highest BCUT2D eigenvalue weighted by atomic mass is 35.5. The lowest BCUT2D eigenvalue weighted by Crippen LogP contribution is -2.53. The summed E-state index contributed by atoms with van der Waals surface area (Å²) in [7, 11) is 0. The standard InChI is InChI=1S/C30H40ClN7O/c31-27-17-21(26-19-33-30-25(26)7-4-12-32-30)18-28(36-27)34-22-8-10-23(11-9-22)35-29(39)20-37-13-15-38(16-14-37)24-5-2-1-3-6-24/h4,7,12,17-19,22-24H,1-3,5-6,8-11,13-16,20H2,(H,32,33)(H,34,36)(H,35,39). The van der Waals surface area contributed by atoms with E-state index in [2.05, 4.69) is 47.5 Å². The minimum absolute atomic E-state index is 0.173. The zero-order valence-corrected chi connectivity index (χ0v) is 23.4. The molecule has 1 aliphatic heterocycles. The fourth-order valence-corrected chi connectivity index (χ4v) is 6.93. The van der Waals surface area contributed by atoms with Gasteiger partial charge in [0.1, 0.15) is 16.6 Å². The van der Waals surface area contributed by atoms with Crippen LogP contribution in [0.3, 0.4) is 0 Å². The van der Waals surface area contributed by atoms with Crippen LogP contribution < -0.4 is 10.6 Å². The molecule has 0 bridgehead atoms. The van der Waals surface area contributed by atoms with Crippen LogP contribution in [0.1, 0.15) is 57.8 Å². The number of nitrogens with one attached hydrogen (secondary N) is 3. The van der Waals surface area contributed by atoms with Gasteiger partial charge in [-0.2, -0.15) is 0 Å². The molecule has 0 aromatic carbocycles. The van der Waals surface area contributed by atoms with Gasteiger partial charge in [0.15, 0.2) is 0 Å². The third-order valence-corrected chi connectivity index (χ3v) is 9.06. The molecule has 208 valence electrons. The first-order valence-electron chi connectivity index (χ1n) is 14.7. The van der Waals surface area contributed by atoms with Crippen LogP contribution >= 0.6 is 11.6 Å². The van der Waals surface area contributed by atoms with E-state index in [1.54, 1.807) is 6.20 Å². The van der Waals surface area contributed by atoms with Gasteiger partial charge in [0, 0.05) is 67.6 Å². The molecule has 4 heterocycles. The van der Waals surface area contributed by atoms with Crippen molar-refractivity contribution in [3.63, 3.8) is 0 Å². The predicted octanol–water partition coefficient (Wildman–Crippen LogP) is 5.07. The average molecular weight is 550 g/mol. The molecule has 3 aliphatic rings. The number of amides is 1. The van der Waals surface area contributed by atoms with Crippen molar-refractivity contribution in [1.82, 2.24) is 30.1 Å². The molecule has 2 saturated carbocycles. The fraction of sp³-hybridized carbons (Fsp3) is 0.567. The van der Waals surface area contributed by atoms with Crippen LogP contribution in [-0.2, 0) is 4.79 Å². The van der Waals surface area contributed by atoms with Crippen molar-refractivity contribution in [2.75, 3.05) is 38.0 Å². The summed E-state index contributed by atoms with van der Waals surface area (Å²) in [6, 6.07) is 9.29. The second-order valence-corrected chi connectivity index (χ2v) is 11.9. The number of halogens is 1. The second kappa shape index (κ2) is 12.2. The Morgan fingerprint density at radius 2 is 1.77 bits per heavy atom. The van der Waals surface area contributed by atoms with Crippen molar-refractivity contribution in [3.8, 4) is 11.1 Å². The van der Waals surface area contributed by atoms with Crippen molar-refractivity contribution < 1.29 is 4.79 Å². The van der Waals surface area contributed by atoms with Gasteiger partial charge in [-0.05, 0) is 68.4 Å². The van der Waals surface area contributed by atoms with Crippen LogP contribution in [0.4, 0.5) is 5.82 Å². The van der Waals surface area contributed by atoms with Crippen LogP contribution in [0.25, 0.3) is 22.2 Å². The van der Waals surface area contributed by atoms with Gasteiger partial charge in [0.2, 0.25) is 5.91 Å². The van der Waals surface area contributed by atoms with E-state index in [-0.39, 0.29) is 11.9 Å². The number of H-pyrrole nitrogens is 1. The van der Waals surface area contributed by atoms with Crippen molar-refractivity contribution >= 4 is 34.4 Å². The Morgan fingerprint density at radius 3 is 2.56 bits per heavy atom. The van der Waals surface area contributed by atoms with E-state index in [0.29, 0.717) is 17.7 Å². The summed E-state index contributed by atoms with van der Waals surface area (Å²) in [6.45, 7) is 4.74. The number of nitrogens with zero attached hydrogens (tertiary/aromatic N) is 4. The third kappa shape index (κ3) is 6.56. The van der Waals surface area contributed by atoms with Gasteiger partial charge in [-0.15, -0.1) is 0 Å². The number of piperazine rings is 1. The molecule has 0 atom stereocenters. The molecular weight excluding hydrogens is 510 g/mol. The van der Waals surface area contributed by atoms with Crippen molar-refractivity contribution in [2.45, 2.75) is 75.9 Å². The van der Waals surface area contributed by atoms with Gasteiger partial charge >= 0.3 is 0 Å². The molecule has 3 aromatic heterocycles. The van der Waals surface area contributed by atoms with E-state index in [1.165, 1.54) is 32.1 Å². The minimum Gasteiger partial charge on any atom is -0.367 e. The number of aromatic nitrogens is 3. The number of carbonyl (C=O) groups is 1. The molecule has 39 heavy (non-hydrogen) atoms. The first-order chi connectivity index (χ1) is 19.1. The van der Waals surface area contributed by atoms with Crippen molar-refractivity contribution in [1.29, 1.82) is 0 Å². The maximum atomic E-state index is 12.8. The molecule has 3 aromatic rings.